The standard InChI is InChI=1S/C13H9BrFNO2/c14-11-3-9(5-16-6-11)8-18-13-2-1-12(15)4-10(13)7-17/h1-7H,8H2. The molecule has 0 aliphatic carbocycles. The van der Waals surface area contributed by atoms with Gasteiger partial charge in [-0.1, -0.05) is 0 Å². The Hall–Kier alpha value is -1.75. The van der Waals surface area contributed by atoms with Crippen LogP contribution in [0, 0.1) is 5.82 Å². The molecule has 2 aromatic rings. The molecule has 0 aliphatic heterocycles. The van der Waals surface area contributed by atoms with Gasteiger partial charge in [-0.2, -0.15) is 0 Å². The van der Waals surface area contributed by atoms with E-state index in [-0.39, 0.29) is 12.2 Å². The molecule has 0 N–H and O–H groups in total. The molecule has 0 amide bonds. The molecule has 18 heavy (non-hydrogen) atoms. The Balaban J connectivity index is 2.13. The van der Waals surface area contributed by atoms with Gasteiger partial charge in [-0.05, 0) is 40.2 Å². The number of nitrogens with zero attached hydrogens (tertiary/aromatic N) is 1. The largest absolute Gasteiger partial charge is 0.488 e. The van der Waals surface area contributed by atoms with Crippen LogP contribution in [0.2, 0.25) is 0 Å². The molecule has 0 bridgehead atoms. The Morgan fingerprint density at radius 2 is 2.17 bits per heavy atom. The number of benzene rings is 1. The van der Waals surface area contributed by atoms with Gasteiger partial charge >= 0.3 is 0 Å². The third-order valence-corrected chi connectivity index (χ3v) is 2.69. The van der Waals surface area contributed by atoms with Gasteiger partial charge in [-0.25, -0.2) is 4.39 Å². The average Bonchev–Trinajstić information content (AvgIpc) is 2.37. The zero-order valence-corrected chi connectivity index (χ0v) is 10.9. The van der Waals surface area contributed by atoms with Crippen molar-refractivity contribution in [2.24, 2.45) is 0 Å². The maximum atomic E-state index is 12.9. The van der Waals surface area contributed by atoms with Crippen LogP contribution in [-0.2, 0) is 6.61 Å². The van der Waals surface area contributed by atoms with Gasteiger partial charge in [0.25, 0.3) is 0 Å². The minimum atomic E-state index is -0.464. The highest BCUT2D eigenvalue weighted by molar-refractivity contribution is 9.10. The highest BCUT2D eigenvalue weighted by Crippen LogP contribution is 2.19. The zero-order valence-electron chi connectivity index (χ0n) is 9.27. The number of aromatic nitrogens is 1. The predicted octanol–water partition coefficient (Wildman–Crippen LogP) is 3.37. The number of hydrogen-bond acceptors (Lipinski definition) is 3. The highest BCUT2D eigenvalue weighted by atomic mass is 79.9. The molecule has 2 rings (SSSR count). The molecule has 5 heteroatoms. The van der Waals surface area contributed by atoms with Crippen LogP contribution in [0.1, 0.15) is 15.9 Å². The summed E-state index contributed by atoms with van der Waals surface area (Å²) in [6, 6.07) is 5.69. The molecule has 0 saturated heterocycles. The maximum absolute atomic E-state index is 12.9. The SMILES string of the molecule is O=Cc1cc(F)ccc1OCc1cncc(Br)c1. The Morgan fingerprint density at radius 1 is 1.33 bits per heavy atom. The molecular weight excluding hydrogens is 301 g/mol. The summed E-state index contributed by atoms with van der Waals surface area (Å²) in [5, 5.41) is 0. The average molecular weight is 310 g/mol. The number of hydrogen-bond donors (Lipinski definition) is 0. The molecule has 1 aromatic carbocycles. The van der Waals surface area contributed by atoms with Crippen LogP contribution < -0.4 is 4.74 Å². The Morgan fingerprint density at radius 3 is 2.89 bits per heavy atom. The van der Waals surface area contributed by atoms with Gasteiger partial charge in [0, 0.05) is 22.4 Å². The fourth-order valence-electron chi connectivity index (χ4n) is 1.44. The van der Waals surface area contributed by atoms with E-state index in [1.54, 1.807) is 12.4 Å². The second kappa shape index (κ2) is 5.73. The zero-order chi connectivity index (χ0) is 13.0. The van der Waals surface area contributed by atoms with Crippen molar-refractivity contribution in [3.63, 3.8) is 0 Å². The first kappa shape index (κ1) is 12.7. The molecule has 1 aromatic heterocycles. The van der Waals surface area contributed by atoms with E-state index in [0.29, 0.717) is 12.0 Å². The summed E-state index contributed by atoms with van der Waals surface area (Å²) in [5.74, 6) is -0.111. The predicted molar refractivity (Wildman–Crippen MR) is 68.1 cm³/mol. The van der Waals surface area contributed by atoms with Gasteiger partial charge in [-0.15, -0.1) is 0 Å². The topological polar surface area (TPSA) is 39.2 Å². The molecule has 3 nitrogen and oxygen atoms in total. The number of carbonyl (C=O) groups excluding carboxylic acids is 1. The van der Waals surface area contributed by atoms with Crippen molar-refractivity contribution >= 4 is 22.2 Å². The van der Waals surface area contributed by atoms with Gasteiger partial charge in [-0.3, -0.25) is 9.78 Å². The van der Waals surface area contributed by atoms with E-state index in [4.69, 9.17) is 4.74 Å². The Kier molecular flexibility index (Phi) is 4.04. The van der Waals surface area contributed by atoms with Gasteiger partial charge in [0.1, 0.15) is 18.2 Å². The number of halogens is 2. The summed E-state index contributed by atoms with van der Waals surface area (Å²) in [5.41, 5.74) is 1.04. The maximum Gasteiger partial charge on any atom is 0.153 e. The third kappa shape index (κ3) is 3.13. The van der Waals surface area contributed by atoms with E-state index in [1.807, 2.05) is 6.07 Å². The minimum Gasteiger partial charge on any atom is -0.488 e. The van der Waals surface area contributed by atoms with Crippen LogP contribution in [0.5, 0.6) is 5.75 Å². The van der Waals surface area contributed by atoms with Crippen LogP contribution in [-0.4, -0.2) is 11.3 Å². The first-order valence-corrected chi connectivity index (χ1v) is 5.95. The monoisotopic (exact) mass is 309 g/mol. The summed E-state index contributed by atoms with van der Waals surface area (Å²) in [7, 11) is 0. The Labute approximate surface area is 112 Å². The van der Waals surface area contributed by atoms with E-state index in [1.165, 1.54) is 12.1 Å². The lowest BCUT2D eigenvalue weighted by Gasteiger charge is -2.08. The first-order chi connectivity index (χ1) is 8.69. The molecule has 0 atom stereocenters. The van der Waals surface area contributed by atoms with E-state index >= 15 is 0 Å². The van der Waals surface area contributed by atoms with Crippen molar-refractivity contribution in [2.45, 2.75) is 6.61 Å². The first-order valence-electron chi connectivity index (χ1n) is 5.16. The fraction of sp³-hybridized carbons (Fsp3) is 0.0769. The van der Waals surface area contributed by atoms with Crippen LogP contribution in [0.3, 0.4) is 0 Å². The summed E-state index contributed by atoms with van der Waals surface area (Å²) in [6.07, 6.45) is 3.89. The van der Waals surface area contributed by atoms with Crippen LogP contribution in [0.25, 0.3) is 0 Å². The van der Waals surface area contributed by atoms with Gasteiger partial charge in [0.05, 0.1) is 5.56 Å². The molecule has 0 unspecified atom stereocenters. The van der Waals surface area contributed by atoms with Crippen molar-refractivity contribution in [1.29, 1.82) is 0 Å². The van der Waals surface area contributed by atoms with Crippen LogP contribution in [0.4, 0.5) is 4.39 Å². The minimum absolute atomic E-state index is 0.193. The second-order valence-corrected chi connectivity index (χ2v) is 4.52. The van der Waals surface area contributed by atoms with Gasteiger partial charge in [0.2, 0.25) is 0 Å². The van der Waals surface area contributed by atoms with E-state index in [0.717, 1.165) is 16.1 Å². The van der Waals surface area contributed by atoms with Crippen LogP contribution in [0.15, 0.2) is 41.1 Å². The summed E-state index contributed by atoms with van der Waals surface area (Å²) < 4.78 is 19.2. The van der Waals surface area contributed by atoms with Crippen molar-refractivity contribution < 1.29 is 13.9 Å². The lowest BCUT2D eigenvalue weighted by atomic mass is 10.2. The Bertz CT molecular complexity index is 575. The van der Waals surface area contributed by atoms with Crippen molar-refractivity contribution in [3.05, 3.63) is 58.1 Å². The summed E-state index contributed by atoms with van der Waals surface area (Å²) >= 11 is 3.30. The van der Waals surface area contributed by atoms with Crippen molar-refractivity contribution in [3.8, 4) is 5.75 Å². The molecular formula is C13H9BrFNO2. The number of rotatable bonds is 4. The van der Waals surface area contributed by atoms with E-state index < -0.39 is 5.82 Å². The lowest BCUT2D eigenvalue weighted by molar-refractivity contribution is 0.111. The normalized spacial score (nSPS) is 10.1. The summed E-state index contributed by atoms with van der Waals surface area (Å²) in [6.45, 7) is 0.263. The molecule has 0 fully saturated rings. The molecule has 0 saturated carbocycles. The number of carbonyl (C=O) groups is 1. The van der Waals surface area contributed by atoms with Crippen molar-refractivity contribution in [1.82, 2.24) is 4.98 Å². The number of aldehydes is 1. The number of ether oxygens (including phenoxy) is 1. The molecule has 0 radical (unpaired) electrons. The molecule has 92 valence electrons. The van der Waals surface area contributed by atoms with E-state index in [2.05, 4.69) is 20.9 Å². The van der Waals surface area contributed by atoms with E-state index in [9.17, 15) is 9.18 Å². The molecule has 0 spiro atoms. The molecule has 1 heterocycles. The van der Waals surface area contributed by atoms with Crippen molar-refractivity contribution in [2.75, 3.05) is 0 Å². The quantitative estimate of drug-likeness (QED) is 0.813. The van der Waals surface area contributed by atoms with Crippen LogP contribution >= 0.6 is 15.9 Å². The van der Waals surface area contributed by atoms with Gasteiger partial charge < -0.3 is 4.74 Å². The number of pyridine rings is 1. The second-order valence-electron chi connectivity index (χ2n) is 3.60. The lowest BCUT2D eigenvalue weighted by Crippen LogP contribution is -1.99. The molecule has 0 aliphatic rings. The summed E-state index contributed by atoms with van der Waals surface area (Å²) in [4.78, 5) is 14.8. The van der Waals surface area contributed by atoms with Gasteiger partial charge in [0.15, 0.2) is 6.29 Å². The fourth-order valence-corrected chi connectivity index (χ4v) is 1.85. The third-order valence-electron chi connectivity index (χ3n) is 2.25. The smallest absolute Gasteiger partial charge is 0.153 e. The highest BCUT2D eigenvalue weighted by Gasteiger charge is 2.05.